The minimum absolute atomic E-state index is 0.153. The summed E-state index contributed by atoms with van der Waals surface area (Å²) in [6.45, 7) is 4.30. The second-order valence-corrected chi connectivity index (χ2v) is 10.9. The number of esters is 2. The van der Waals surface area contributed by atoms with E-state index in [4.69, 9.17) is 0 Å². The van der Waals surface area contributed by atoms with Crippen LogP contribution in [-0.4, -0.2) is 26.2 Å². The Bertz CT molecular complexity index is 1190. The molecule has 0 aliphatic rings. The molecule has 0 aromatic carbocycles. The Hall–Kier alpha value is -4.36. The standard InChI is InChI=1S/C23H34O2.C23H32O2/c2*1-3-4-5-6-7-8-9-10-11-12-13-14-15-16-17-18-19-20-21-22-23(24)25-2/h4-5,7-8,10-11,13-14,16-17,19-20H,3,6,9,12,15,18,21-22H2,1-2H3;4-5,7-8,10-11,13-14,16-17H,3,6,9,12,15,18,21-22H2,1-2H3/b5-4-,8-7-,11-10-,14-13-,17-16-,20-19-;5-4-,8-7-,11-10-,14-13-,17-16-. The molecule has 0 aliphatic heterocycles. The summed E-state index contributed by atoms with van der Waals surface area (Å²) in [5.74, 6) is 5.63. The highest BCUT2D eigenvalue weighted by Crippen LogP contribution is 1.99. The quantitative estimate of drug-likeness (QED) is 0.0518. The van der Waals surface area contributed by atoms with Crippen molar-refractivity contribution in [3.8, 4) is 11.8 Å². The third kappa shape index (κ3) is 45.8. The van der Waals surface area contributed by atoms with Crippen LogP contribution in [0, 0.1) is 11.8 Å². The third-order valence-electron chi connectivity index (χ3n) is 6.52. The number of methoxy groups -OCH3 is 2. The minimum atomic E-state index is -0.204. The first kappa shape index (κ1) is 47.8. The molecule has 0 spiro atoms. The van der Waals surface area contributed by atoms with Crippen molar-refractivity contribution in [2.45, 2.75) is 117 Å². The van der Waals surface area contributed by atoms with E-state index in [1.165, 1.54) is 14.2 Å². The summed E-state index contributed by atoms with van der Waals surface area (Å²) >= 11 is 0. The van der Waals surface area contributed by atoms with E-state index in [0.29, 0.717) is 19.3 Å². The van der Waals surface area contributed by atoms with E-state index in [1.54, 1.807) is 0 Å². The zero-order chi connectivity index (χ0) is 36.9. The molecule has 0 heterocycles. The summed E-state index contributed by atoms with van der Waals surface area (Å²) in [4.78, 5) is 21.8. The predicted octanol–water partition coefficient (Wildman–Crippen LogP) is 12.7. The Morgan fingerprint density at radius 2 is 0.700 bits per heavy atom. The number of rotatable bonds is 26. The minimum Gasteiger partial charge on any atom is -0.469 e. The van der Waals surface area contributed by atoms with Crippen molar-refractivity contribution in [3.63, 3.8) is 0 Å². The average molecular weight is 683 g/mol. The number of carbonyl (C=O) groups excluding carboxylic acids is 2. The van der Waals surface area contributed by atoms with Gasteiger partial charge in [0.15, 0.2) is 0 Å². The summed E-state index contributed by atoms with van der Waals surface area (Å²) in [7, 11) is 2.81. The zero-order valence-electron chi connectivity index (χ0n) is 31.6. The number of hydrogen-bond acceptors (Lipinski definition) is 4. The van der Waals surface area contributed by atoms with Gasteiger partial charge in [-0.05, 0) is 77.0 Å². The molecule has 0 aliphatic carbocycles. The van der Waals surface area contributed by atoms with Crippen molar-refractivity contribution in [2.75, 3.05) is 14.2 Å². The molecular formula is C46H66O4. The van der Waals surface area contributed by atoms with Crippen LogP contribution in [0.25, 0.3) is 0 Å². The lowest BCUT2D eigenvalue weighted by molar-refractivity contribution is -0.141. The SMILES string of the molecule is CC/C=C\C/C=C\C/C=C\C/C=C\C/C=C\C/C=C\CCC(=O)OC.CC/C=C\C/C=C\C/C=C\C/C=C\C/C=C\CC#CCCC(=O)OC. The molecule has 274 valence electrons. The topological polar surface area (TPSA) is 52.6 Å². The second kappa shape index (κ2) is 44.6. The van der Waals surface area contributed by atoms with Crippen LogP contribution in [0.15, 0.2) is 134 Å². The molecule has 0 aromatic rings. The van der Waals surface area contributed by atoms with Gasteiger partial charge in [0.05, 0.1) is 20.6 Å². The van der Waals surface area contributed by atoms with Crippen LogP contribution in [0.4, 0.5) is 0 Å². The monoisotopic (exact) mass is 682 g/mol. The Morgan fingerprint density at radius 1 is 0.400 bits per heavy atom. The van der Waals surface area contributed by atoms with Crippen LogP contribution in [0.5, 0.6) is 0 Å². The molecule has 0 N–H and O–H groups in total. The number of hydrogen-bond donors (Lipinski definition) is 0. The summed E-state index contributed by atoms with van der Waals surface area (Å²) in [6.07, 6.45) is 61.7. The summed E-state index contributed by atoms with van der Waals surface area (Å²) in [5, 5.41) is 0. The lowest BCUT2D eigenvalue weighted by Crippen LogP contribution is -1.98. The van der Waals surface area contributed by atoms with Gasteiger partial charge in [0.2, 0.25) is 0 Å². The van der Waals surface area contributed by atoms with Gasteiger partial charge in [-0.15, -0.1) is 5.92 Å². The first-order valence-electron chi connectivity index (χ1n) is 18.4. The molecule has 0 aromatic heterocycles. The fraction of sp³-hybridized carbons (Fsp3) is 0.435. The maximum Gasteiger partial charge on any atom is 0.306 e. The summed E-state index contributed by atoms with van der Waals surface area (Å²) in [6, 6.07) is 0. The summed E-state index contributed by atoms with van der Waals surface area (Å²) in [5.41, 5.74) is 0. The molecule has 0 radical (unpaired) electrons. The molecule has 0 rings (SSSR count). The molecule has 4 heteroatoms. The molecule has 0 unspecified atom stereocenters. The van der Waals surface area contributed by atoms with Crippen molar-refractivity contribution in [2.24, 2.45) is 0 Å². The van der Waals surface area contributed by atoms with Gasteiger partial charge >= 0.3 is 11.9 Å². The normalized spacial score (nSPS) is 12.4. The number of carbonyl (C=O) groups is 2. The molecule has 0 atom stereocenters. The van der Waals surface area contributed by atoms with Crippen LogP contribution >= 0.6 is 0 Å². The second-order valence-electron chi connectivity index (χ2n) is 10.9. The van der Waals surface area contributed by atoms with Crippen molar-refractivity contribution in [3.05, 3.63) is 134 Å². The third-order valence-corrected chi connectivity index (χ3v) is 6.52. The smallest absolute Gasteiger partial charge is 0.306 e. The van der Waals surface area contributed by atoms with E-state index < -0.39 is 0 Å². The van der Waals surface area contributed by atoms with Gasteiger partial charge in [-0.3, -0.25) is 9.59 Å². The Labute approximate surface area is 306 Å². The average Bonchev–Trinajstić information content (AvgIpc) is 3.13. The van der Waals surface area contributed by atoms with E-state index in [9.17, 15) is 9.59 Å². The van der Waals surface area contributed by atoms with Gasteiger partial charge in [0, 0.05) is 19.3 Å². The van der Waals surface area contributed by atoms with Crippen molar-refractivity contribution >= 4 is 11.9 Å². The predicted molar refractivity (Wildman–Crippen MR) is 218 cm³/mol. The van der Waals surface area contributed by atoms with Crippen LogP contribution in [0.1, 0.15) is 117 Å². The first-order valence-corrected chi connectivity index (χ1v) is 18.4. The van der Waals surface area contributed by atoms with Gasteiger partial charge in [-0.2, -0.15) is 0 Å². The largest absolute Gasteiger partial charge is 0.469 e. The lowest BCUT2D eigenvalue weighted by Gasteiger charge is -1.93. The molecular weight excluding hydrogens is 617 g/mol. The summed E-state index contributed by atoms with van der Waals surface area (Å²) < 4.78 is 9.13. The highest BCUT2D eigenvalue weighted by Gasteiger charge is 1.95. The van der Waals surface area contributed by atoms with Crippen LogP contribution in [-0.2, 0) is 19.1 Å². The van der Waals surface area contributed by atoms with Crippen LogP contribution in [0.3, 0.4) is 0 Å². The molecule has 50 heavy (non-hydrogen) atoms. The van der Waals surface area contributed by atoms with Gasteiger partial charge < -0.3 is 9.47 Å². The van der Waals surface area contributed by atoms with Gasteiger partial charge in [0.25, 0.3) is 0 Å². The molecule has 0 amide bonds. The van der Waals surface area contributed by atoms with Crippen molar-refractivity contribution < 1.29 is 19.1 Å². The van der Waals surface area contributed by atoms with E-state index in [-0.39, 0.29) is 11.9 Å². The van der Waals surface area contributed by atoms with Gasteiger partial charge in [0.1, 0.15) is 0 Å². The Kier molecular flexibility index (Phi) is 42.6. The van der Waals surface area contributed by atoms with Gasteiger partial charge in [-0.25, -0.2) is 0 Å². The molecule has 0 bridgehead atoms. The van der Waals surface area contributed by atoms with E-state index in [2.05, 4.69) is 163 Å². The highest BCUT2D eigenvalue weighted by atomic mass is 16.5. The van der Waals surface area contributed by atoms with Crippen LogP contribution in [0.2, 0.25) is 0 Å². The maximum atomic E-state index is 10.9. The molecule has 0 fully saturated rings. The highest BCUT2D eigenvalue weighted by molar-refractivity contribution is 5.69. The number of allylic oxidation sites excluding steroid dienone is 22. The zero-order valence-corrected chi connectivity index (χ0v) is 31.6. The van der Waals surface area contributed by atoms with E-state index in [1.807, 2.05) is 6.08 Å². The van der Waals surface area contributed by atoms with Crippen molar-refractivity contribution in [1.29, 1.82) is 0 Å². The lowest BCUT2D eigenvalue weighted by atomic mass is 10.2. The van der Waals surface area contributed by atoms with Crippen molar-refractivity contribution in [1.82, 2.24) is 0 Å². The fourth-order valence-electron chi connectivity index (χ4n) is 3.76. The maximum absolute atomic E-state index is 10.9. The van der Waals surface area contributed by atoms with Gasteiger partial charge in [-0.1, -0.05) is 153 Å². The molecule has 0 saturated carbocycles. The number of ether oxygens (including phenoxy) is 2. The molecule has 0 saturated heterocycles. The first-order chi connectivity index (χ1) is 24.6. The molecule has 4 nitrogen and oxygen atoms in total. The fourth-order valence-corrected chi connectivity index (χ4v) is 3.76. The Morgan fingerprint density at radius 3 is 1.04 bits per heavy atom. The van der Waals surface area contributed by atoms with E-state index in [0.717, 1.165) is 83.5 Å². The van der Waals surface area contributed by atoms with E-state index >= 15 is 0 Å². The Balaban J connectivity index is 0. The van der Waals surface area contributed by atoms with Crippen LogP contribution < -0.4 is 0 Å².